The van der Waals surface area contributed by atoms with Gasteiger partial charge in [-0.3, -0.25) is 4.98 Å². The molecule has 1 aliphatic heterocycles. The summed E-state index contributed by atoms with van der Waals surface area (Å²) in [7, 11) is 0. The monoisotopic (exact) mass is 370 g/mol. The molecule has 1 aliphatic rings. The van der Waals surface area contributed by atoms with Gasteiger partial charge in [0, 0.05) is 41.9 Å². The summed E-state index contributed by atoms with van der Waals surface area (Å²) >= 11 is 1.59. The molecule has 7 heteroatoms. The number of urea groups is 1. The van der Waals surface area contributed by atoms with Crippen LogP contribution < -0.4 is 10.1 Å². The second kappa shape index (κ2) is 7.37. The maximum atomic E-state index is 12.1. The van der Waals surface area contributed by atoms with Gasteiger partial charge in [0.1, 0.15) is 12.4 Å². The third-order valence-electron chi connectivity index (χ3n) is 4.65. The van der Waals surface area contributed by atoms with Crippen LogP contribution in [0.25, 0.3) is 10.9 Å². The normalized spacial score (nSPS) is 14.1. The Morgan fingerprint density at radius 2 is 2.19 bits per heavy atom. The largest absolute Gasteiger partial charge is 0.488 e. The number of likely N-dealkylation sites (tertiary alicyclic amines) is 1. The number of aromatic nitrogens is 2. The Morgan fingerprint density at radius 3 is 2.96 bits per heavy atom. The molecule has 0 atom stereocenters. The lowest BCUT2D eigenvalue weighted by Crippen LogP contribution is -2.37. The van der Waals surface area contributed by atoms with Crippen LogP contribution in [0.15, 0.2) is 29.9 Å². The van der Waals surface area contributed by atoms with Crippen LogP contribution in [-0.2, 0) is 13.2 Å². The first-order valence-electron chi connectivity index (χ1n) is 8.84. The summed E-state index contributed by atoms with van der Waals surface area (Å²) in [6, 6.07) is 6.24. The average Bonchev–Trinajstić information content (AvgIpc) is 3.38. The number of rotatable bonds is 5. The van der Waals surface area contributed by atoms with Crippen LogP contribution in [-0.4, -0.2) is 34.0 Å². The van der Waals surface area contributed by atoms with Crippen molar-refractivity contribution in [3.8, 4) is 5.75 Å². The molecule has 1 saturated heterocycles. The summed E-state index contributed by atoms with van der Waals surface area (Å²) in [4.78, 5) is 22.5. The van der Waals surface area contributed by atoms with Gasteiger partial charge in [-0.05, 0) is 37.5 Å². The van der Waals surface area contributed by atoms with Crippen molar-refractivity contribution in [2.75, 3.05) is 13.1 Å². The maximum Gasteiger partial charge on any atom is 0.317 e. The zero-order valence-electron chi connectivity index (χ0n) is 14.7. The van der Waals surface area contributed by atoms with Gasteiger partial charge in [-0.1, -0.05) is 0 Å². The first kappa shape index (κ1) is 16.9. The number of nitrogens with zero attached hydrogens (tertiary/aromatic N) is 2. The molecular formula is C19H22N4O2S. The van der Waals surface area contributed by atoms with Gasteiger partial charge >= 0.3 is 6.03 Å². The van der Waals surface area contributed by atoms with Crippen LogP contribution in [0.4, 0.5) is 4.79 Å². The molecule has 6 nitrogen and oxygen atoms in total. The van der Waals surface area contributed by atoms with Crippen LogP contribution in [0.3, 0.4) is 0 Å². The van der Waals surface area contributed by atoms with E-state index in [1.165, 1.54) is 0 Å². The molecule has 3 heterocycles. The summed E-state index contributed by atoms with van der Waals surface area (Å²) in [6.07, 6.45) is 4.03. The van der Waals surface area contributed by atoms with Crippen molar-refractivity contribution in [2.24, 2.45) is 0 Å². The molecule has 26 heavy (non-hydrogen) atoms. The highest BCUT2D eigenvalue weighted by molar-refractivity contribution is 7.09. The predicted octanol–water partition coefficient (Wildman–Crippen LogP) is 3.82. The molecule has 0 aliphatic carbocycles. The quantitative estimate of drug-likeness (QED) is 0.717. The zero-order valence-corrected chi connectivity index (χ0v) is 15.6. The molecule has 3 aromatic rings. The Balaban J connectivity index is 1.43. The van der Waals surface area contributed by atoms with E-state index in [1.807, 2.05) is 29.6 Å². The topological polar surface area (TPSA) is 70.2 Å². The molecule has 2 N–H and O–H groups in total. The van der Waals surface area contributed by atoms with Crippen molar-refractivity contribution in [2.45, 2.75) is 32.9 Å². The molecule has 0 spiro atoms. The standard InChI is InChI=1S/C19H22N4O2S/c1-13-6-14-7-15(9-21-19(24)23-4-2-3-5-23)22-17(14)8-18(13)25-11-16-10-20-12-26-16/h6-8,10,12,22H,2-5,9,11H2,1H3,(H,21,24). The fourth-order valence-corrected chi connectivity index (χ4v) is 3.76. The van der Waals surface area contributed by atoms with Crippen LogP contribution >= 0.6 is 11.3 Å². The van der Waals surface area contributed by atoms with Gasteiger partial charge in [0.25, 0.3) is 0 Å². The molecule has 2 amide bonds. The lowest BCUT2D eigenvalue weighted by molar-refractivity contribution is 0.208. The fraction of sp³-hybridized carbons (Fsp3) is 0.368. The Bertz CT molecular complexity index is 898. The zero-order chi connectivity index (χ0) is 17.9. The van der Waals surface area contributed by atoms with Crippen LogP contribution in [0, 0.1) is 6.92 Å². The van der Waals surface area contributed by atoms with E-state index in [0.29, 0.717) is 13.2 Å². The first-order valence-corrected chi connectivity index (χ1v) is 9.72. The van der Waals surface area contributed by atoms with Crippen molar-refractivity contribution in [3.63, 3.8) is 0 Å². The molecule has 136 valence electrons. The van der Waals surface area contributed by atoms with Gasteiger partial charge in [-0.2, -0.15) is 0 Å². The number of fused-ring (bicyclic) bond motifs is 1. The Morgan fingerprint density at radius 1 is 1.35 bits per heavy atom. The van der Waals surface area contributed by atoms with Gasteiger partial charge < -0.3 is 19.9 Å². The van der Waals surface area contributed by atoms with E-state index in [0.717, 1.165) is 58.7 Å². The third kappa shape index (κ3) is 3.67. The van der Waals surface area contributed by atoms with E-state index in [9.17, 15) is 4.79 Å². The van der Waals surface area contributed by atoms with E-state index in [1.54, 1.807) is 11.3 Å². The van der Waals surface area contributed by atoms with E-state index in [2.05, 4.69) is 27.4 Å². The number of nitrogens with one attached hydrogen (secondary N) is 2. The molecule has 1 aromatic carbocycles. The summed E-state index contributed by atoms with van der Waals surface area (Å²) in [6.45, 7) is 4.79. The van der Waals surface area contributed by atoms with Crippen molar-refractivity contribution in [1.29, 1.82) is 0 Å². The van der Waals surface area contributed by atoms with E-state index in [-0.39, 0.29) is 6.03 Å². The Kier molecular flexibility index (Phi) is 4.79. The van der Waals surface area contributed by atoms with Gasteiger partial charge in [-0.15, -0.1) is 11.3 Å². The second-order valence-electron chi connectivity index (χ2n) is 6.61. The lowest BCUT2D eigenvalue weighted by Gasteiger charge is -2.15. The van der Waals surface area contributed by atoms with Crippen molar-refractivity contribution < 1.29 is 9.53 Å². The molecule has 2 aromatic heterocycles. The van der Waals surface area contributed by atoms with Gasteiger partial charge in [0.2, 0.25) is 0 Å². The van der Waals surface area contributed by atoms with Crippen LogP contribution in [0.5, 0.6) is 5.75 Å². The van der Waals surface area contributed by atoms with Gasteiger partial charge in [0.05, 0.1) is 16.9 Å². The number of ether oxygens (including phenoxy) is 1. The number of carbonyl (C=O) groups is 1. The van der Waals surface area contributed by atoms with Crippen molar-refractivity contribution in [1.82, 2.24) is 20.2 Å². The van der Waals surface area contributed by atoms with Crippen molar-refractivity contribution >= 4 is 28.3 Å². The minimum absolute atomic E-state index is 0.0194. The first-order chi connectivity index (χ1) is 12.7. The number of benzene rings is 1. The number of aromatic amines is 1. The molecule has 0 unspecified atom stereocenters. The lowest BCUT2D eigenvalue weighted by atomic mass is 10.1. The molecular weight excluding hydrogens is 348 g/mol. The number of hydrogen-bond donors (Lipinski definition) is 2. The van der Waals surface area contributed by atoms with Gasteiger partial charge in [-0.25, -0.2) is 4.79 Å². The number of amides is 2. The Hall–Kier alpha value is -2.54. The summed E-state index contributed by atoms with van der Waals surface area (Å²) in [5.74, 6) is 0.861. The van der Waals surface area contributed by atoms with Gasteiger partial charge in [0.15, 0.2) is 0 Å². The highest BCUT2D eigenvalue weighted by Crippen LogP contribution is 2.27. The average molecular weight is 370 g/mol. The number of thiazole rings is 1. The molecule has 1 fully saturated rings. The molecule has 0 radical (unpaired) electrons. The summed E-state index contributed by atoms with van der Waals surface area (Å²) < 4.78 is 5.94. The van der Waals surface area contributed by atoms with E-state index < -0.39 is 0 Å². The van der Waals surface area contributed by atoms with E-state index in [4.69, 9.17) is 4.74 Å². The highest BCUT2D eigenvalue weighted by atomic mass is 32.1. The van der Waals surface area contributed by atoms with Crippen LogP contribution in [0.1, 0.15) is 29.0 Å². The highest BCUT2D eigenvalue weighted by Gasteiger charge is 2.17. The SMILES string of the molecule is Cc1cc2cc(CNC(=O)N3CCCC3)[nH]c2cc1OCc1cncs1. The molecule has 0 saturated carbocycles. The number of aryl methyl sites for hydroxylation is 1. The number of hydrogen-bond acceptors (Lipinski definition) is 4. The number of H-pyrrole nitrogens is 1. The van der Waals surface area contributed by atoms with Crippen molar-refractivity contribution in [3.05, 3.63) is 46.0 Å². The molecule has 4 rings (SSSR count). The van der Waals surface area contributed by atoms with E-state index >= 15 is 0 Å². The fourth-order valence-electron chi connectivity index (χ4n) is 3.25. The van der Waals surface area contributed by atoms with Crippen LogP contribution in [0.2, 0.25) is 0 Å². The molecule has 0 bridgehead atoms. The smallest absolute Gasteiger partial charge is 0.317 e. The maximum absolute atomic E-state index is 12.1. The summed E-state index contributed by atoms with van der Waals surface area (Å²) in [5, 5.41) is 4.12. The summed E-state index contributed by atoms with van der Waals surface area (Å²) in [5.41, 5.74) is 4.91. The second-order valence-corrected chi connectivity index (χ2v) is 7.58. The minimum atomic E-state index is 0.0194. The predicted molar refractivity (Wildman–Crippen MR) is 103 cm³/mol. The number of carbonyl (C=O) groups excluding carboxylic acids is 1. The minimum Gasteiger partial charge on any atom is -0.488 e. The Labute approximate surface area is 156 Å². The third-order valence-corrected chi connectivity index (χ3v) is 5.40.